The second kappa shape index (κ2) is 6.49. The molecule has 0 fully saturated rings. The van der Waals surface area contributed by atoms with Gasteiger partial charge in [0.15, 0.2) is 0 Å². The summed E-state index contributed by atoms with van der Waals surface area (Å²) < 4.78 is 0. The number of aromatic amines is 1. The van der Waals surface area contributed by atoms with Crippen molar-refractivity contribution in [2.45, 2.75) is 31.8 Å². The lowest BCUT2D eigenvalue weighted by molar-refractivity contribution is 0.448. The van der Waals surface area contributed by atoms with Crippen LogP contribution in [0.15, 0.2) is 54.7 Å². The van der Waals surface area contributed by atoms with Crippen LogP contribution in [0.2, 0.25) is 0 Å². The van der Waals surface area contributed by atoms with Gasteiger partial charge in [0.25, 0.3) is 0 Å². The van der Waals surface area contributed by atoms with E-state index < -0.39 is 0 Å². The van der Waals surface area contributed by atoms with Crippen LogP contribution in [0, 0.1) is 0 Å². The first-order valence-electron chi connectivity index (χ1n) is 8.41. The van der Waals surface area contributed by atoms with E-state index >= 15 is 0 Å². The van der Waals surface area contributed by atoms with Crippen molar-refractivity contribution in [1.82, 2.24) is 15.5 Å². The van der Waals surface area contributed by atoms with Gasteiger partial charge in [-0.3, -0.25) is 5.10 Å². The molecule has 122 valence electrons. The largest absolute Gasteiger partial charge is 0.508 e. The Labute approximate surface area is 141 Å². The Bertz CT molecular complexity index is 826. The summed E-state index contributed by atoms with van der Waals surface area (Å²) in [5.41, 5.74) is 6.08. The van der Waals surface area contributed by atoms with Crippen molar-refractivity contribution in [3.8, 4) is 16.9 Å². The minimum atomic E-state index is 0.366. The highest BCUT2D eigenvalue weighted by Gasteiger charge is 2.19. The second-order valence-corrected chi connectivity index (χ2v) is 6.40. The van der Waals surface area contributed by atoms with Crippen molar-refractivity contribution in [2.75, 3.05) is 0 Å². The number of hydrogen-bond acceptors (Lipinski definition) is 3. The molecule has 3 N–H and O–H groups in total. The van der Waals surface area contributed by atoms with Crippen LogP contribution in [-0.4, -0.2) is 21.3 Å². The van der Waals surface area contributed by atoms with Crippen molar-refractivity contribution in [1.29, 1.82) is 0 Å². The molecule has 0 aliphatic heterocycles. The van der Waals surface area contributed by atoms with Gasteiger partial charge in [0.2, 0.25) is 0 Å². The monoisotopic (exact) mass is 319 g/mol. The average molecular weight is 319 g/mol. The van der Waals surface area contributed by atoms with Crippen LogP contribution in [-0.2, 0) is 19.4 Å². The third kappa shape index (κ3) is 3.05. The van der Waals surface area contributed by atoms with E-state index in [1.165, 1.54) is 16.7 Å². The molecule has 2 aromatic carbocycles. The van der Waals surface area contributed by atoms with Crippen molar-refractivity contribution < 1.29 is 5.11 Å². The number of nitrogens with one attached hydrogen (secondary N) is 2. The summed E-state index contributed by atoms with van der Waals surface area (Å²) in [7, 11) is 0. The number of aromatic nitrogens is 2. The van der Waals surface area contributed by atoms with Gasteiger partial charge in [0.1, 0.15) is 5.75 Å². The minimum Gasteiger partial charge on any atom is -0.508 e. The van der Waals surface area contributed by atoms with E-state index in [0.29, 0.717) is 11.8 Å². The lowest BCUT2D eigenvalue weighted by atomic mass is 9.88. The molecule has 4 nitrogen and oxygen atoms in total. The van der Waals surface area contributed by atoms with Crippen molar-refractivity contribution in [3.05, 3.63) is 71.5 Å². The standard InChI is InChI=1S/C20H21N3O/c24-18-9-7-15-10-17(8-6-16(15)11-18)21-13-20-19(12-22-23-20)14-4-2-1-3-5-14/h1-5,7,9,11-12,17,21,24H,6,8,10,13H2,(H,22,23). The molecule has 1 atom stereocenters. The number of nitrogens with zero attached hydrogens (tertiary/aromatic N) is 1. The van der Waals surface area contributed by atoms with Gasteiger partial charge in [-0.25, -0.2) is 0 Å². The first kappa shape index (κ1) is 15.0. The molecule has 4 rings (SSSR count). The van der Waals surface area contributed by atoms with Crippen LogP contribution in [0.4, 0.5) is 0 Å². The molecule has 0 amide bonds. The van der Waals surface area contributed by atoms with Crippen molar-refractivity contribution in [2.24, 2.45) is 0 Å². The van der Waals surface area contributed by atoms with Crippen molar-refractivity contribution >= 4 is 0 Å². The quantitative estimate of drug-likeness (QED) is 0.690. The third-order valence-electron chi connectivity index (χ3n) is 4.79. The first-order valence-corrected chi connectivity index (χ1v) is 8.41. The van der Waals surface area contributed by atoms with Crippen LogP contribution >= 0.6 is 0 Å². The zero-order valence-corrected chi connectivity index (χ0v) is 13.5. The van der Waals surface area contributed by atoms with Gasteiger partial charge in [0.05, 0.1) is 11.9 Å². The fourth-order valence-corrected chi connectivity index (χ4v) is 3.48. The topological polar surface area (TPSA) is 60.9 Å². The fraction of sp³-hybridized carbons (Fsp3) is 0.250. The zero-order chi connectivity index (χ0) is 16.4. The number of phenols is 1. The number of H-pyrrole nitrogens is 1. The van der Waals surface area contributed by atoms with Gasteiger partial charge in [-0.2, -0.15) is 5.10 Å². The highest BCUT2D eigenvalue weighted by atomic mass is 16.3. The number of phenolic OH excluding ortho intramolecular Hbond substituents is 1. The van der Waals surface area contributed by atoms with Gasteiger partial charge in [-0.05, 0) is 48.1 Å². The molecule has 1 aliphatic rings. The van der Waals surface area contributed by atoms with Crippen LogP contribution in [0.1, 0.15) is 23.2 Å². The zero-order valence-electron chi connectivity index (χ0n) is 13.5. The number of fused-ring (bicyclic) bond motifs is 1. The van der Waals surface area contributed by atoms with E-state index in [4.69, 9.17) is 0 Å². The second-order valence-electron chi connectivity index (χ2n) is 6.40. The molecule has 0 spiro atoms. The van der Waals surface area contributed by atoms with E-state index in [9.17, 15) is 5.11 Å². The van der Waals surface area contributed by atoms with E-state index in [1.807, 2.05) is 36.5 Å². The number of benzene rings is 2. The SMILES string of the molecule is Oc1ccc2c(c1)CCC(NCc1[nH]ncc1-c1ccccc1)C2. The molecule has 3 aromatic rings. The molecular formula is C20H21N3O. The van der Waals surface area contributed by atoms with Gasteiger partial charge in [-0.1, -0.05) is 36.4 Å². The minimum absolute atomic E-state index is 0.366. The Morgan fingerprint density at radius 1 is 1.12 bits per heavy atom. The highest BCUT2D eigenvalue weighted by molar-refractivity contribution is 5.64. The predicted molar refractivity (Wildman–Crippen MR) is 94.8 cm³/mol. The van der Waals surface area contributed by atoms with E-state index in [1.54, 1.807) is 6.07 Å². The predicted octanol–water partition coefficient (Wildman–Crippen LogP) is 3.43. The normalized spacial score (nSPS) is 16.8. The highest BCUT2D eigenvalue weighted by Crippen LogP contribution is 2.26. The summed E-state index contributed by atoms with van der Waals surface area (Å²) in [4.78, 5) is 0. The molecule has 1 heterocycles. The maximum Gasteiger partial charge on any atom is 0.115 e. The molecule has 0 saturated carbocycles. The van der Waals surface area contributed by atoms with Gasteiger partial charge in [-0.15, -0.1) is 0 Å². The summed E-state index contributed by atoms with van der Waals surface area (Å²) in [5, 5.41) is 20.6. The molecule has 0 bridgehead atoms. The van der Waals surface area contributed by atoms with Crippen LogP contribution in [0.25, 0.3) is 11.1 Å². The third-order valence-corrected chi connectivity index (χ3v) is 4.79. The van der Waals surface area contributed by atoms with E-state index in [-0.39, 0.29) is 0 Å². The summed E-state index contributed by atoms with van der Waals surface area (Å²) >= 11 is 0. The number of aryl methyl sites for hydroxylation is 1. The molecule has 1 aromatic heterocycles. The Morgan fingerprint density at radius 3 is 2.88 bits per heavy atom. The Hall–Kier alpha value is -2.59. The average Bonchev–Trinajstić information content (AvgIpc) is 3.09. The lowest BCUT2D eigenvalue weighted by Crippen LogP contribution is -2.34. The lowest BCUT2D eigenvalue weighted by Gasteiger charge is -2.25. The van der Waals surface area contributed by atoms with Crippen LogP contribution < -0.4 is 5.32 Å². The first-order chi connectivity index (χ1) is 11.8. The molecule has 1 unspecified atom stereocenters. The maximum atomic E-state index is 9.59. The smallest absolute Gasteiger partial charge is 0.115 e. The summed E-state index contributed by atoms with van der Waals surface area (Å²) in [5.74, 6) is 0.366. The van der Waals surface area contributed by atoms with Gasteiger partial charge >= 0.3 is 0 Å². The summed E-state index contributed by atoms with van der Waals surface area (Å²) in [6.07, 6.45) is 5.00. The Balaban J connectivity index is 1.44. The molecule has 4 heteroatoms. The van der Waals surface area contributed by atoms with Crippen LogP contribution in [0.3, 0.4) is 0 Å². The van der Waals surface area contributed by atoms with Crippen LogP contribution in [0.5, 0.6) is 5.75 Å². The molecule has 0 radical (unpaired) electrons. The fourth-order valence-electron chi connectivity index (χ4n) is 3.48. The van der Waals surface area contributed by atoms with Gasteiger partial charge in [0, 0.05) is 18.2 Å². The van der Waals surface area contributed by atoms with Gasteiger partial charge < -0.3 is 10.4 Å². The number of aromatic hydroxyl groups is 1. The molecular weight excluding hydrogens is 298 g/mol. The number of hydrogen-bond donors (Lipinski definition) is 3. The number of rotatable bonds is 4. The maximum absolute atomic E-state index is 9.59. The molecule has 0 saturated heterocycles. The van der Waals surface area contributed by atoms with E-state index in [0.717, 1.165) is 37.1 Å². The molecule has 1 aliphatic carbocycles. The van der Waals surface area contributed by atoms with Crippen molar-refractivity contribution in [3.63, 3.8) is 0 Å². The molecule has 24 heavy (non-hydrogen) atoms. The summed E-state index contributed by atoms with van der Waals surface area (Å²) in [6, 6.07) is 16.5. The summed E-state index contributed by atoms with van der Waals surface area (Å²) in [6.45, 7) is 0.780. The Kier molecular flexibility index (Phi) is 4.05. The van der Waals surface area contributed by atoms with E-state index in [2.05, 4.69) is 27.6 Å². The Morgan fingerprint density at radius 2 is 2.00 bits per heavy atom.